The maximum absolute atomic E-state index is 12.2. The minimum Gasteiger partial charge on any atom is -0.508 e. The highest BCUT2D eigenvalue weighted by atomic mass is 16.5. The first-order chi connectivity index (χ1) is 8.71. The Kier molecular flexibility index (Phi) is 2.72. The molecule has 1 atom stereocenters. The van der Waals surface area contributed by atoms with Gasteiger partial charge in [0.15, 0.2) is 0 Å². The molecule has 1 aromatic rings. The number of hydrogen-bond acceptors (Lipinski definition) is 4. The lowest BCUT2D eigenvalue weighted by molar-refractivity contribution is -0.129. The Labute approximate surface area is 105 Å². The van der Waals surface area contributed by atoms with Crippen molar-refractivity contribution in [2.24, 2.45) is 0 Å². The van der Waals surface area contributed by atoms with Gasteiger partial charge in [0.2, 0.25) is 0 Å². The Morgan fingerprint density at radius 1 is 1.44 bits per heavy atom. The summed E-state index contributed by atoms with van der Waals surface area (Å²) in [4.78, 5) is 13.9. The summed E-state index contributed by atoms with van der Waals surface area (Å²) in [6, 6.07) is 6.84. The first-order valence-electron chi connectivity index (χ1n) is 6.12. The lowest BCUT2D eigenvalue weighted by Gasteiger charge is -2.43. The number of nitrogens with one attached hydrogen (secondary N) is 1. The fourth-order valence-corrected chi connectivity index (χ4v) is 2.82. The minimum atomic E-state index is -0.302. The van der Waals surface area contributed by atoms with Gasteiger partial charge in [0.05, 0.1) is 12.1 Å². The zero-order valence-corrected chi connectivity index (χ0v) is 10.1. The van der Waals surface area contributed by atoms with E-state index in [2.05, 4.69) is 5.32 Å². The van der Waals surface area contributed by atoms with E-state index in [0.29, 0.717) is 6.61 Å². The topological polar surface area (TPSA) is 61.8 Å². The number of benzene rings is 1. The highest BCUT2D eigenvalue weighted by Crippen LogP contribution is 2.33. The van der Waals surface area contributed by atoms with Crippen molar-refractivity contribution in [2.75, 3.05) is 31.2 Å². The fraction of sp³-hybridized carbons (Fsp3) is 0.462. The number of nitrogens with zero attached hydrogens (tertiary/aromatic N) is 1. The Balaban J connectivity index is 2.02. The van der Waals surface area contributed by atoms with Gasteiger partial charge < -0.3 is 20.1 Å². The van der Waals surface area contributed by atoms with Gasteiger partial charge in [-0.25, -0.2) is 0 Å². The molecule has 5 nitrogen and oxygen atoms in total. The molecule has 0 aromatic heterocycles. The van der Waals surface area contributed by atoms with Crippen molar-refractivity contribution < 1.29 is 14.6 Å². The number of phenols is 1. The van der Waals surface area contributed by atoms with Gasteiger partial charge in [0.25, 0.3) is 5.91 Å². The van der Waals surface area contributed by atoms with Crippen molar-refractivity contribution in [3.63, 3.8) is 0 Å². The van der Waals surface area contributed by atoms with E-state index < -0.39 is 0 Å². The number of amides is 1. The molecule has 2 fully saturated rings. The molecule has 1 amide bonds. The molecule has 0 bridgehead atoms. The zero-order chi connectivity index (χ0) is 12.6. The Morgan fingerprint density at radius 3 is 3.06 bits per heavy atom. The molecule has 0 saturated carbocycles. The van der Waals surface area contributed by atoms with Crippen LogP contribution in [-0.2, 0) is 9.53 Å². The molecule has 3 rings (SSSR count). The Morgan fingerprint density at radius 2 is 2.33 bits per heavy atom. The van der Waals surface area contributed by atoms with E-state index in [0.717, 1.165) is 25.2 Å². The number of anilines is 1. The average Bonchev–Trinajstić information content (AvgIpc) is 2.78. The van der Waals surface area contributed by atoms with Crippen LogP contribution in [0.2, 0.25) is 0 Å². The molecule has 2 N–H and O–H groups in total. The highest BCUT2D eigenvalue weighted by molar-refractivity contribution is 5.96. The number of carbonyl (C=O) groups is 1. The van der Waals surface area contributed by atoms with Gasteiger partial charge in [-0.2, -0.15) is 0 Å². The van der Waals surface area contributed by atoms with Gasteiger partial charge >= 0.3 is 0 Å². The monoisotopic (exact) mass is 248 g/mol. The van der Waals surface area contributed by atoms with Crippen molar-refractivity contribution in [2.45, 2.75) is 12.0 Å². The molecule has 2 saturated heterocycles. The van der Waals surface area contributed by atoms with Crippen LogP contribution in [0.3, 0.4) is 0 Å². The third kappa shape index (κ3) is 1.76. The van der Waals surface area contributed by atoms with Gasteiger partial charge in [-0.3, -0.25) is 4.79 Å². The maximum atomic E-state index is 12.2. The van der Waals surface area contributed by atoms with Crippen LogP contribution < -0.4 is 10.2 Å². The predicted molar refractivity (Wildman–Crippen MR) is 66.6 cm³/mol. The van der Waals surface area contributed by atoms with Crippen molar-refractivity contribution in [1.82, 2.24) is 5.32 Å². The largest absolute Gasteiger partial charge is 0.508 e. The molecule has 0 aliphatic carbocycles. The van der Waals surface area contributed by atoms with Crippen LogP contribution in [0.25, 0.3) is 0 Å². The van der Waals surface area contributed by atoms with E-state index >= 15 is 0 Å². The van der Waals surface area contributed by atoms with E-state index in [1.807, 2.05) is 6.07 Å². The average molecular weight is 248 g/mol. The summed E-state index contributed by atoms with van der Waals surface area (Å²) in [5.74, 6) is 0.128. The molecule has 2 aliphatic rings. The van der Waals surface area contributed by atoms with E-state index in [1.54, 1.807) is 23.1 Å². The fourth-order valence-electron chi connectivity index (χ4n) is 2.82. The van der Waals surface area contributed by atoms with Crippen molar-refractivity contribution in [1.29, 1.82) is 0 Å². The quantitative estimate of drug-likeness (QED) is 0.759. The molecule has 0 radical (unpaired) electrons. The van der Waals surface area contributed by atoms with Crippen LogP contribution in [-0.4, -0.2) is 42.9 Å². The van der Waals surface area contributed by atoms with Crippen molar-refractivity contribution in [3.05, 3.63) is 24.3 Å². The first-order valence-corrected chi connectivity index (χ1v) is 6.12. The van der Waals surface area contributed by atoms with E-state index in [-0.39, 0.29) is 23.8 Å². The number of aromatic hydroxyl groups is 1. The van der Waals surface area contributed by atoms with Crippen LogP contribution in [0, 0.1) is 0 Å². The van der Waals surface area contributed by atoms with Crippen LogP contribution in [0.4, 0.5) is 5.69 Å². The van der Waals surface area contributed by atoms with Crippen LogP contribution >= 0.6 is 0 Å². The number of phenolic OH excluding ortho intramolecular Hbond substituents is 1. The number of rotatable bonds is 1. The summed E-state index contributed by atoms with van der Waals surface area (Å²) in [6.45, 7) is 2.26. The molecular formula is C13H16N2O3. The summed E-state index contributed by atoms with van der Waals surface area (Å²) in [5.41, 5.74) is 0.440. The Bertz CT molecular complexity index is 469. The third-order valence-corrected chi connectivity index (χ3v) is 3.63. The van der Waals surface area contributed by atoms with E-state index in [9.17, 15) is 9.90 Å². The second kappa shape index (κ2) is 4.26. The molecule has 1 unspecified atom stereocenters. The zero-order valence-electron chi connectivity index (χ0n) is 10.1. The number of morpholine rings is 1. The van der Waals surface area contributed by atoms with E-state index in [4.69, 9.17) is 4.74 Å². The van der Waals surface area contributed by atoms with Crippen molar-refractivity contribution >= 4 is 11.6 Å². The first kappa shape index (κ1) is 11.5. The van der Waals surface area contributed by atoms with Crippen molar-refractivity contribution in [3.8, 4) is 5.75 Å². The molecule has 2 aliphatic heterocycles. The SMILES string of the molecule is O=C1COCC2(CCNC2)N1c1cccc(O)c1. The third-order valence-electron chi connectivity index (χ3n) is 3.63. The number of hydrogen-bond donors (Lipinski definition) is 2. The Hall–Kier alpha value is -1.59. The van der Waals surface area contributed by atoms with Gasteiger partial charge in [0, 0.05) is 18.3 Å². The van der Waals surface area contributed by atoms with Gasteiger partial charge in [-0.15, -0.1) is 0 Å². The second-order valence-corrected chi connectivity index (χ2v) is 4.89. The van der Waals surface area contributed by atoms with Gasteiger partial charge in [-0.1, -0.05) is 6.07 Å². The summed E-state index contributed by atoms with van der Waals surface area (Å²) < 4.78 is 5.41. The smallest absolute Gasteiger partial charge is 0.253 e. The molecule has 5 heteroatoms. The summed E-state index contributed by atoms with van der Waals surface area (Å²) in [7, 11) is 0. The minimum absolute atomic E-state index is 0.0458. The van der Waals surface area contributed by atoms with E-state index in [1.165, 1.54) is 0 Å². The summed E-state index contributed by atoms with van der Waals surface area (Å²) in [6.07, 6.45) is 0.869. The standard InChI is InChI=1S/C13H16N2O3/c16-11-3-1-2-10(6-11)15-12(17)7-18-9-13(15)4-5-14-8-13/h1-3,6,14,16H,4-5,7-9H2. The lowest BCUT2D eigenvalue weighted by atomic mass is 9.94. The van der Waals surface area contributed by atoms with Crippen LogP contribution in [0.15, 0.2) is 24.3 Å². The van der Waals surface area contributed by atoms with Gasteiger partial charge in [0.1, 0.15) is 12.4 Å². The molecule has 18 heavy (non-hydrogen) atoms. The lowest BCUT2D eigenvalue weighted by Crippen LogP contribution is -2.61. The molecule has 96 valence electrons. The molecular weight excluding hydrogens is 232 g/mol. The van der Waals surface area contributed by atoms with Crippen LogP contribution in [0.1, 0.15) is 6.42 Å². The van der Waals surface area contributed by atoms with Gasteiger partial charge in [-0.05, 0) is 25.1 Å². The molecule has 2 heterocycles. The van der Waals surface area contributed by atoms with Crippen LogP contribution in [0.5, 0.6) is 5.75 Å². The maximum Gasteiger partial charge on any atom is 0.253 e. The number of carbonyl (C=O) groups excluding carboxylic acids is 1. The molecule has 1 spiro atoms. The second-order valence-electron chi connectivity index (χ2n) is 4.89. The highest BCUT2D eigenvalue weighted by Gasteiger charge is 2.46. The normalized spacial score (nSPS) is 28.0. The summed E-state index contributed by atoms with van der Waals surface area (Å²) in [5, 5.41) is 12.9. The predicted octanol–water partition coefficient (Wildman–Crippen LogP) is 0.487. The number of ether oxygens (including phenoxy) is 1. The summed E-state index contributed by atoms with van der Waals surface area (Å²) >= 11 is 0. The molecule has 1 aromatic carbocycles.